The van der Waals surface area contributed by atoms with Gasteiger partial charge in [-0.2, -0.15) is 0 Å². The molecule has 1 aliphatic rings. The number of benzene rings is 1. The normalized spacial score (nSPS) is 13.0. The van der Waals surface area contributed by atoms with Crippen LogP contribution in [0.1, 0.15) is 32.7 Å². The number of amides is 2. The molecule has 0 unspecified atom stereocenters. The first-order valence-corrected chi connectivity index (χ1v) is 8.30. The van der Waals surface area contributed by atoms with E-state index in [1.165, 1.54) is 4.90 Å². The fourth-order valence-corrected chi connectivity index (χ4v) is 3.13. The van der Waals surface area contributed by atoms with Crippen LogP contribution >= 0.6 is 0 Å². The third-order valence-electron chi connectivity index (χ3n) is 4.54. The molecule has 6 heteroatoms. The number of nitrogens with zero attached hydrogens (tertiary/aromatic N) is 2. The number of carbonyl (C=O) groups excluding carboxylic acids is 2. The van der Waals surface area contributed by atoms with E-state index < -0.39 is 0 Å². The van der Waals surface area contributed by atoms with Gasteiger partial charge < -0.3 is 10.1 Å². The van der Waals surface area contributed by atoms with Gasteiger partial charge in [0.05, 0.1) is 19.3 Å². The minimum atomic E-state index is -0.270. The molecule has 1 N–H and O–H groups in total. The number of carbonyl (C=O) groups is 2. The molecule has 0 atom stereocenters. The summed E-state index contributed by atoms with van der Waals surface area (Å²) < 4.78 is 5.38. The maximum absolute atomic E-state index is 12.4. The van der Waals surface area contributed by atoms with E-state index in [1.807, 2.05) is 26.0 Å². The van der Waals surface area contributed by atoms with Crippen molar-refractivity contribution in [3.05, 3.63) is 65.0 Å². The minimum Gasteiger partial charge on any atom is -0.496 e. The summed E-state index contributed by atoms with van der Waals surface area (Å²) in [4.78, 5) is 30.5. The number of ether oxygens (including phenoxy) is 1. The monoisotopic (exact) mass is 351 g/mol. The van der Waals surface area contributed by atoms with Gasteiger partial charge in [-0.15, -0.1) is 0 Å². The Morgan fingerprint density at radius 2 is 1.96 bits per heavy atom. The first kappa shape index (κ1) is 17.7. The number of aromatic nitrogens is 1. The minimum absolute atomic E-state index is 0.0750. The van der Waals surface area contributed by atoms with Crippen LogP contribution in [0.5, 0.6) is 5.75 Å². The van der Waals surface area contributed by atoms with E-state index in [0.29, 0.717) is 11.3 Å². The van der Waals surface area contributed by atoms with E-state index in [9.17, 15) is 9.59 Å². The molecule has 0 radical (unpaired) electrons. The lowest BCUT2D eigenvalue weighted by Gasteiger charge is -2.17. The van der Waals surface area contributed by atoms with Crippen LogP contribution in [0.2, 0.25) is 0 Å². The van der Waals surface area contributed by atoms with Gasteiger partial charge in [-0.3, -0.25) is 19.5 Å². The summed E-state index contributed by atoms with van der Waals surface area (Å²) in [5.74, 6) is 0.294. The fraction of sp³-hybridized carbons (Fsp3) is 0.250. The number of nitrogens with one attached hydrogen (secondary N) is 1. The predicted molar refractivity (Wildman–Crippen MR) is 98.6 cm³/mol. The van der Waals surface area contributed by atoms with Crippen molar-refractivity contribution in [3.63, 3.8) is 0 Å². The second-order valence-electron chi connectivity index (χ2n) is 6.21. The highest BCUT2D eigenvalue weighted by Gasteiger charge is 2.31. The predicted octanol–water partition coefficient (Wildman–Crippen LogP) is 2.45. The van der Waals surface area contributed by atoms with Crippen LogP contribution in [0.3, 0.4) is 0 Å². The summed E-state index contributed by atoms with van der Waals surface area (Å²) >= 11 is 0. The van der Waals surface area contributed by atoms with Gasteiger partial charge in [0.2, 0.25) is 5.91 Å². The van der Waals surface area contributed by atoms with Crippen molar-refractivity contribution in [2.75, 3.05) is 13.7 Å². The lowest BCUT2D eigenvalue weighted by atomic mass is 10.1. The average Bonchev–Trinajstić information content (AvgIpc) is 2.87. The molecule has 0 saturated carbocycles. The lowest BCUT2D eigenvalue weighted by molar-refractivity contribution is -0.121. The van der Waals surface area contributed by atoms with E-state index in [-0.39, 0.29) is 24.9 Å². The van der Waals surface area contributed by atoms with Gasteiger partial charge in [0.15, 0.2) is 0 Å². The first-order chi connectivity index (χ1) is 12.4. The summed E-state index contributed by atoms with van der Waals surface area (Å²) in [6, 6.07) is 7.22. The van der Waals surface area contributed by atoms with E-state index >= 15 is 0 Å². The Hall–Kier alpha value is -3.15. The van der Waals surface area contributed by atoms with Crippen LogP contribution < -0.4 is 10.1 Å². The summed E-state index contributed by atoms with van der Waals surface area (Å²) in [6.45, 7) is 7.96. The SMILES string of the molecule is C=C1c2ccccc2C(=O)N1CC(=O)NCc1ncc(C)c(OC)c1C. The topological polar surface area (TPSA) is 71.5 Å². The largest absolute Gasteiger partial charge is 0.496 e. The number of pyridine rings is 1. The Bertz CT molecular complexity index is 870. The molecular formula is C20H21N3O3. The van der Waals surface area contributed by atoms with Gasteiger partial charge in [0.1, 0.15) is 12.3 Å². The van der Waals surface area contributed by atoms with Crippen molar-refractivity contribution in [2.45, 2.75) is 20.4 Å². The molecule has 2 aromatic rings. The molecule has 0 saturated heterocycles. The molecule has 1 aromatic heterocycles. The molecule has 0 fully saturated rings. The Morgan fingerprint density at radius 1 is 1.27 bits per heavy atom. The number of methoxy groups -OCH3 is 1. The molecule has 2 heterocycles. The van der Waals surface area contributed by atoms with Gasteiger partial charge in [0.25, 0.3) is 5.91 Å². The first-order valence-electron chi connectivity index (χ1n) is 8.30. The number of hydrogen-bond donors (Lipinski definition) is 1. The average molecular weight is 351 g/mol. The zero-order chi connectivity index (χ0) is 18.8. The third-order valence-corrected chi connectivity index (χ3v) is 4.54. The summed E-state index contributed by atoms with van der Waals surface area (Å²) in [5, 5.41) is 2.81. The number of hydrogen-bond acceptors (Lipinski definition) is 4. The van der Waals surface area contributed by atoms with Crippen LogP contribution in [0.15, 0.2) is 37.0 Å². The second kappa shape index (κ2) is 7.00. The Balaban J connectivity index is 1.66. The molecule has 6 nitrogen and oxygen atoms in total. The molecule has 2 amide bonds. The highest BCUT2D eigenvalue weighted by Crippen LogP contribution is 2.30. The van der Waals surface area contributed by atoms with E-state index in [4.69, 9.17) is 4.74 Å². The van der Waals surface area contributed by atoms with Crippen LogP contribution in [-0.4, -0.2) is 35.4 Å². The van der Waals surface area contributed by atoms with E-state index in [2.05, 4.69) is 16.9 Å². The van der Waals surface area contributed by atoms with Crippen molar-refractivity contribution in [2.24, 2.45) is 0 Å². The standard InChI is InChI=1S/C20H21N3O3/c1-12-9-21-17(13(2)19(12)26-4)10-22-18(24)11-23-14(3)15-7-5-6-8-16(15)20(23)25/h5-9H,3,10-11H2,1-2,4H3,(H,22,24). The Kier molecular flexibility index (Phi) is 4.75. The molecule has 26 heavy (non-hydrogen) atoms. The summed E-state index contributed by atoms with van der Waals surface area (Å²) in [7, 11) is 1.61. The molecule has 0 aliphatic carbocycles. The summed E-state index contributed by atoms with van der Waals surface area (Å²) in [5.41, 5.74) is 4.46. The quantitative estimate of drug-likeness (QED) is 0.898. The van der Waals surface area contributed by atoms with Crippen LogP contribution in [0.4, 0.5) is 0 Å². The smallest absolute Gasteiger partial charge is 0.259 e. The molecule has 0 bridgehead atoms. The molecule has 1 aliphatic heterocycles. The Labute approximate surface area is 152 Å². The van der Waals surface area contributed by atoms with Crippen molar-refractivity contribution >= 4 is 17.5 Å². The zero-order valence-electron chi connectivity index (χ0n) is 15.1. The number of aryl methyl sites for hydroxylation is 1. The maximum Gasteiger partial charge on any atom is 0.259 e. The fourth-order valence-electron chi connectivity index (χ4n) is 3.13. The van der Waals surface area contributed by atoms with Crippen LogP contribution in [-0.2, 0) is 11.3 Å². The highest BCUT2D eigenvalue weighted by atomic mass is 16.5. The third kappa shape index (κ3) is 3.06. The number of rotatable bonds is 5. The molecule has 1 aromatic carbocycles. The van der Waals surface area contributed by atoms with Gasteiger partial charge in [-0.1, -0.05) is 24.8 Å². The Morgan fingerprint density at radius 3 is 2.62 bits per heavy atom. The van der Waals surface area contributed by atoms with E-state index in [0.717, 1.165) is 28.1 Å². The molecular weight excluding hydrogens is 330 g/mol. The lowest BCUT2D eigenvalue weighted by Crippen LogP contribution is -2.36. The molecule has 0 spiro atoms. The zero-order valence-corrected chi connectivity index (χ0v) is 15.1. The van der Waals surface area contributed by atoms with Crippen LogP contribution in [0, 0.1) is 13.8 Å². The van der Waals surface area contributed by atoms with Crippen LogP contribution in [0.25, 0.3) is 5.70 Å². The van der Waals surface area contributed by atoms with Crippen molar-refractivity contribution < 1.29 is 14.3 Å². The molecule has 134 valence electrons. The van der Waals surface area contributed by atoms with Gasteiger partial charge in [-0.25, -0.2) is 0 Å². The van der Waals surface area contributed by atoms with E-state index in [1.54, 1.807) is 25.4 Å². The number of fused-ring (bicyclic) bond motifs is 1. The summed E-state index contributed by atoms with van der Waals surface area (Å²) in [6.07, 6.45) is 1.72. The highest BCUT2D eigenvalue weighted by molar-refractivity contribution is 6.10. The van der Waals surface area contributed by atoms with Gasteiger partial charge in [-0.05, 0) is 19.9 Å². The van der Waals surface area contributed by atoms with Crippen molar-refractivity contribution in [3.8, 4) is 5.75 Å². The molecule has 3 rings (SSSR count). The van der Waals surface area contributed by atoms with Gasteiger partial charge in [0, 0.05) is 34.1 Å². The maximum atomic E-state index is 12.4. The second-order valence-corrected chi connectivity index (χ2v) is 6.21. The van der Waals surface area contributed by atoms with Crippen molar-refractivity contribution in [1.29, 1.82) is 0 Å². The van der Waals surface area contributed by atoms with Crippen molar-refractivity contribution in [1.82, 2.24) is 15.2 Å². The van der Waals surface area contributed by atoms with Gasteiger partial charge >= 0.3 is 0 Å².